The highest BCUT2D eigenvalue weighted by molar-refractivity contribution is 7.47. The molecule has 2 rings (SSSR count). The first-order chi connectivity index (χ1) is 11.3. The van der Waals surface area contributed by atoms with Crippen molar-refractivity contribution in [1.29, 1.82) is 0 Å². The fourth-order valence-corrected chi connectivity index (χ4v) is 2.88. The van der Waals surface area contributed by atoms with E-state index in [0.717, 1.165) is 17.7 Å². The summed E-state index contributed by atoms with van der Waals surface area (Å²) in [4.78, 5) is 34.0. The Bertz CT molecular complexity index is 717. The molecular weight excluding hydrogens is 347 g/mol. The molecule has 0 amide bonds. The number of rotatable bonds is 7. The van der Waals surface area contributed by atoms with Crippen molar-refractivity contribution < 1.29 is 33.5 Å². The van der Waals surface area contributed by atoms with Crippen molar-refractivity contribution in [1.82, 2.24) is 9.55 Å². The lowest BCUT2D eigenvalue weighted by Gasteiger charge is -2.18. The fourth-order valence-electron chi connectivity index (χ4n) is 2.44. The number of nitrogens with one attached hydrogen (secondary N) is 1. The molecule has 0 radical (unpaired) electrons. The average molecular weight is 366 g/mol. The van der Waals surface area contributed by atoms with Gasteiger partial charge in [0.25, 0.3) is 5.56 Å². The van der Waals surface area contributed by atoms with Gasteiger partial charge >= 0.3 is 13.5 Å². The number of aliphatic hydroxyl groups is 2. The van der Waals surface area contributed by atoms with E-state index < -0.39 is 49.9 Å². The Balaban J connectivity index is 2.08. The maximum Gasteiger partial charge on any atom is 0.472 e. The van der Waals surface area contributed by atoms with Crippen molar-refractivity contribution in [3.05, 3.63) is 33.1 Å². The summed E-state index contributed by atoms with van der Waals surface area (Å²) in [6.07, 6.45) is -1.63. The number of phosphoric ester groups is 1. The van der Waals surface area contributed by atoms with Crippen molar-refractivity contribution in [2.75, 3.05) is 20.3 Å². The van der Waals surface area contributed by atoms with Gasteiger partial charge in [-0.15, -0.1) is 0 Å². The number of aromatic nitrogens is 2. The summed E-state index contributed by atoms with van der Waals surface area (Å²) >= 11 is 0. The molecule has 1 unspecified atom stereocenters. The Morgan fingerprint density at radius 2 is 2.12 bits per heavy atom. The van der Waals surface area contributed by atoms with E-state index in [1.165, 1.54) is 6.20 Å². The molecule has 1 saturated heterocycles. The van der Waals surface area contributed by atoms with Gasteiger partial charge in [-0.1, -0.05) is 0 Å². The average Bonchev–Trinajstić information content (AvgIpc) is 2.83. The first-order valence-corrected chi connectivity index (χ1v) is 8.54. The SMILES string of the molecule is COP(=O)(O)OC[C@H]1O[C@@H](Cn2ccc(=O)[nH]c2=O)[C@H](O)[C@@H]1CO. The number of phosphoric acid groups is 1. The van der Waals surface area contributed by atoms with Gasteiger partial charge in [-0.05, 0) is 0 Å². The van der Waals surface area contributed by atoms with Crippen molar-refractivity contribution in [3.8, 4) is 0 Å². The number of nitrogens with zero attached hydrogens (tertiary/aromatic N) is 1. The molecule has 1 aliphatic rings. The van der Waals surface area contributed by atoms with E-state index >= 15 is 0 Å². The summed E-state index contributed by atoms with van der Waals surface area (Å²) in [7, 11) is -3.22. The molecule has 12 heteroatoms. The molecule has 0 saturated carbocycles. The summed E-state index contributed by atoms with van der Waals surface area (Å²) in [5.74, 6) is -0.773. The van der Waals surface area contributed by atoms with Crippen molar-refractivity contribution >= 4 is 7.82 Å². The molecule has 1 aromatic heterocycles. The number of aliphatic hydroxyl groups excluding tert-OH is 2. The van der Waals surface area contributed by atoms with E-state index in [9.17, 15) is 29.3 Å². The van der Waals surface area contributed by atoms with Crippen LogP contribution < -0.4 is 11.2 Å². The summed E-state index contributed by atoms with van der Waals surface area (Å²) in [5, 5.41) is 19.6. The van der Waals surface area contributed by atoms with Crippen molar-refractivity contribution in [2.45, 2.75) is 24.9 Å². The van der Waals surface area contributed by atoms with Crippen LogP contribution in [0.25, 0.3) is 0 Å². The van der Waals surface area contributed by atoms with Crippen molar-refractivity contribution in [2.24, 2.45) is 5.92 Å². The van der Waals surface area contributed by atoms with Crippen LogP contribution in [0.3, 0.4) is 0 Å². The first-order valence-electron chi connectivity index (χ1n) is 7.04. The lowest BCUT2D eigenvalue weighted by molar-refractivity contribution is -0.0216. The third-order valence-electron chi connectivity index (χ3n) is 3.76. The molecule has 24 heavy (non-hydrogen) atoms. The summed E-state index contributed by atoms with van der Waals surface area (Å²) in [6.45, 7) is -0.916. The van der Waals surface area contributed by atoms with Gasteiger partial charge in [-0.3, -0.25) is 23.4 Å². The largest absolute Gasteiger partial charge is 0.472 e. The minimum Gasteiger partial charge on any atom is -0.396 e. The van der Waals surface area contributed by atoms with Gasteiger partial charge < -0.3 is 19.8 Å². The standard InChI is InChI=1S/C12H19N2O9P/c1-21-24(19,20)22-6-9-7(5-15)11(17)8(23-9)4-14-3-2-10(16)13-12(14)18/h2-3,7-9,11,15,17H,4-6H2,1H3,(H,19,20)(H,13,16,18)/t7-,8+,9-,11-/m1/s1. The van der Waals surface area contributed by atoms with Crippen LogP contribution in [0.1, 0.15) is 0 Å². The Kier molecular flexibility index (Phi) is 6.10. The number of aromatic amines is 1. The maximum atomic E-state index is 11.7. The molecule has 11 nitrogen and oxygen atoms in total. The van der Waals surface area contributed by atoms with Crippen LogP contribution in [0.5, 0.6) is 0 Å². The molecule has 0 bridgehead atoms. The van der Waals surface area contributed by atoms with E-state index in [0.29, 0.717) is 0 Å². The van der Waals surface area contributed by atoms with E-state index in [1.54, 1.807) is 0 Å². The van der Waals surface area contributed by atoms with Gasteiger partial charge in [-0.25, -0.2) is 9.36 Å². The predicted molar refractivity (Wildman–Crippen MR) is 79.4 cm³/mol. The smallest absolute Gasteiger partial charge is 0.396 e. The van der Waals surface area contributed by atoms with Crippen LogP contribution >= 0.6 is 7.82 Å². The van der Waals surface area contributed by atoms with Crippen LogP contribution in [-0.2, 0) is 24.9 Å². The predicted octanol–water partition coefficient (Wildman–Crippen LogP) is -1.96. The molecule has 1 aliphatic heterocycles. The highest BCUT2D eigenvalue weighted by Crippen LogP contribution is 2.43. The van der Waals surface area contributed by atoms with Gasteiger partial charge in [0.15, 0.2) is 0 Å². The zero-order valence-corrected chi connectivity index (χ0v) is 13.7. The van der Waals surface area contributed by atoms with E-state index in [1.807, 2.05) is 0 Å². The minimum absolute atomic E-state index is 0.0785. The zero-order valence-electron chi connectivity index (χ0n) is 12.8. The maximum absolute atomic E-state index is 11.7. The lowest BCUT2D eigenvalue weighted by Crippen LogP contribution is -2.37. The number of hydrogen-bond donors (Lipinski definition) is 4. The molecule has 136 valence electrons. The minimum atomic E-state index is -4.22. The Labute approximate surface area is 136 Å². The second-order valence-corrected chi connectivity index (χ2v) is 6.82. The second kappa shape index (κ2) is 7.70. The molecule has 5 atom stereocenters. The molecule has 0 aromatic carbocycles. The highest BCUT2D eigenvalue weighted by atomic mass is 31.2. The molecule has 1 fully saturated rings. The van der Waals surface area contributed by atoms with Gasteiger partial charge in [0.05, 0.1) is 32.0 Å². The molecule has 4 N–H and O–H groups in total. The summed E-state index contributed by atoms with van der Waals surface area (Å²) in [5.41, 5.74) is -1.22. The quantitative estimate of drug-likeness (QED) is 0.402. The van der Waals surface area contributed by atoms with Crippen LogP contribution in [0.2, 0.25) is 0 Å². The lowest BCUT2D eigenvalue weighted by atomic mass is 9.97. The van der Waals surface area contributed by atoms with Crippen molar-refractivity contribution in [3.63, 3.8) is 0 Å². The number of H-pyrrole nitrogens is 1. The van der Waals surface area contributed by atoms with Gasteiger partial charge in [-0.2, -0.15) is 0 Å². The highest BCUT2D eigenvalue weighted by Gasteiger charge is 2.44. The molecular formula is C12H19N2O9P. The molecule has 0 spiro atoms. The third-order valence-corrected chi connectivity index (χ3v) is 4.70. The molecule has 0 aliphatic carbocycles. The Hall–Kier alpha value is -1.33. The molecule has 1 aromatic rings. The zero-order chi connectivity index (χ0) is 17.9. The number of ether oxygens (including phenoxy) is 1. The Morgan fingerprint density at radius 3 is 2.71 bits per heavy atom. The van der Waals surface area contributed by atoms with E-state index in [-0.39, 0.29) is 13.2 Å². The van der Waals surface area contributed by atoms with Crippen LogP contribution in [0.4, 0.5) is 0 Å². The van der Waals surface area contributed by atoms with Gasteiger partial charge in [0, 0.05) is 25.3 Å². The van der Waals surface area contributed by atoms with Gasteiger partial charge in [0.1, 0.15) is 6.10 Å². The summed E-state index contributed by atoms with van der Waals surface area (Å²) < 4.78 is 27.0. The second-order valence-electron chi connectivity index (χ2n) is 5.26. The Morgan fingerprint density at radius 1 is 1.42 bits per heavy atom. The van der Waals surface area contributed by atoms with Crippen LogP contribution in [0.15, 0.2) is 21.9 Å². The topological polar surface area (TPSA) is 160 Å². The van der Waals surface area contributed by atoms with Crippen LogP contribution in [0, 0.1) is 5.92 Å². The molecule has 2 heterocycles. The summed E-state index contributed by atoms with van der Waals surface area (Å²) in [6, 6.07) is 1.15. The van der Waals surface area contributed by atoms with Crippen LogP contribution in [-0.4, -0.2) is 63.3 Å². The van der Waals surface area contributed by atoms with E-state index in [4.69, 9.17) is 9.26 Å². The first kappa shape index (κ1) is 19.0. The monoisotopic (exact) mass is 366 g/mol. The third kappa shape index (κ3) is 4.39. The fraction of sp³-hybridized carbons (Fsp3) is 0.667. The van der Waals surface area contributed by atoms with Gasteiger partial charge in [0.2, 0.25) is 0 Å². The number of hydrogen-bond acceptors (Lipinski definition) is 8. The normalized spacial score (nSPS) is 29.5. The van der Waals surface area contributed by atoms with E-state index in [2.05, 4.69) is 9.51 Å².